The van der Waals surface area contributed by atoms with Crippen LogP contribution in [0.2, 0.25) is 0 Å². The van der Waals surface area contributed by atoms with Gasteiger partial charge in [-0.15, -0.1) is 0 Å². The fourth-order valence-electron chi connectivity index (χ4n) is 6.70. The largest absolute Gasteiger partial charge is 0.472 e. The number of hydrogen-bond acceptors (Lipinski definition) is 8. The summed E-state index contributed by atoms with van der Waals surface area (Å²) in [5.74, 6) is -0.781. The zero-order valence-electron chi connectivity index (χ0n) is 35.1. The lowest BCUT2D eigenvalue weighted by Gasteiger charge is -2.25. The molecule has 55 heavy (non-hydrogen) atoms. The number of Topliss-reactive ketones (excluding diaryl/α,β-unsaturated/α-hetero) is 1. The van der Waals surface area contributed by atoms with Gasteiger partial charge in [0, 0.05) is 24.7 Å². The molecule has 0 aliphatic heterocycles. The van der Waals surface area contributed by atoms with Gasteiger partial charge in [-0.1, -0.05) is 121 Å². The molecule has 1 fully saturated rings. The number of quaternary nitrogens is 1. The van der Waals surface area contributed by atoms with Crippen LogP contribution in [0.1, 0.15) is 149 Å². The third-order valence-corrected chi connectivity index (χ3v) is 11.2. The smallest absolute Gasteiger partial charge is 0.392 e. The van der Waals surface area contributed by atoms with Crippen LogP contribution in [0.25, 0.3) is 0 Å². The number of hydrogen-bond donors (Lipinski definition) is 5. The maximum atomic E-state index is 13.0. The Kier molecular flexibility index (Phi) is 28.4. The van der Waals surface area contributed by atoms with Crippen LogP contribution in [-0.4, -0.2) is 102 Å². The summed E-state index contributed by atoms with van der Waals surface area (Å²) in [5, 5.41) is 34.5. The van der Waals surface area contributed by atoms with E-state index in [0.717, 1.165) is 70.6 Å². The number of amides is 1. The Hall–Kier alpha value is -1.69. The number of phosphoric ester groups is 1. The van der Waals surface area contributed by atoms with Crippen molar-refractivity contribution in [2.45, 2.75) is 173 Å². The Morgan fingerprint density at radius 1 is 0.855 bits per heavy atom. The van der Waals surface area contributed by atoms with Crippen LogP contribution in [0.3, 0.4) is 0 Å². The van der Waals surface area contributed by atoms with Gasteiger partial charge in [0.05, 0.1) is 52.1 Å². The molecule has 5 N–H and O–H groups in total. The molecule has 320 valence electrons. The van der Waals surface area contributed by atoms with E-state index in [2.05, 4.69) is 31.3 Å². The Bertz CT molecular complexity index is 1160. The van der Waals surface area contributed by atoms with Crippen molar-refractivity contribution in [3.8, 4) is 0 Å². The van der Waals surface area contributed by atoms with E-state index in [0.29, 0.717) is 30.3 Å². The standard InChI is InChI=1S/C43H79N2O9P/c1-6-8-10-11-12-13-14-15-16-17-18-19-24-28-40(47)39(35-54-55(51,52)53-33-32-45(3,4)5)44-43(50)29-25-21-20-23-27-37-38(42(49)34-41(37)48)31-30-36(46)26-22-9-7-2/h10-11,24,28,30-31,36-40,42,46-47,49H,6-9,12-23,25-27,29,32-35H2,1-5H3,(H-,44,50,51,52)/p+1/b11-10-,28-24+,31-30+/t36-,37+,38+,39-,40+,42+/m0/s1. The molecular formula is C43H80N2O9P+. The Labute approximate surface area is 334 Å². The van der Waals surface area contributed by atoms with Crippen LogP contribution in [-0.2, 0) is 23.2 Å². The maximum absolute atomic E-state index is 13.0. The summed E-state index contributed by atoms with van der Waals surface area (Å²) in [6.45, 7) is 4.42. The summed E-state index contributed by atoms with van der Waals surface area (Å²) in [5.41, 5.74) is 0. The molecule has 0 aromatic rings. The zero-order chi connectivity index (χ0) is 41.0. The van der Waals surface area contributed by atoms with Gasteiger partial charge in [0.1, 0.15) is 18.9 Å². The van der Waals surface area contributed by atoms with Crippen molar-refractivity contribution in [1.29, 1.82) is 0 Å². The second-order valence-electron chi connectivity index (χ2n) is 16.5. The zero-order valence-corrected chi connectivity index (χ0v) is 36.0. The molecule has 11 nitrogen and oxygen atoms in total. The van der Waals surface area contributed by atoms with E-state index in [1.54, 1.807) is 12.2 Å². The highest BCUT2D eigenvalue weighted by Crippen LogP contribution is 2.43. The van der Waals surface area contributed by atoms with Crippen molar-refractivity contribution in [2.24, 2.45) is 11.8 Å². The lowest BCUT2D eigenvalue weighted by molar-refractivity contribution is -0.870. The van der Waals surface area contributed by atoms with Crippen LogP contribution in [0.5, 0.6) is 0 Å². The van der Waals surface area contributed by atoms with Crippen molar-refractivity contribution in [3.05, 3.63) is 36.5 Å². The lowest BCUT2D eigenvalue weighted by Crippen LogP contribution is -2.45. The minimum atomic E-state index is -4.40. The minimum Gasteiger partial charge on any atom is -0.392 e. The highest BCUT2D eigenvalue weighted by molar-refractivity contribution is 7.47. The third-order valence-electron chi connectivity index (χ3n) is 10.2. The average Bonchev–Trinajstić information content (AvgIpc) is 3.39. The number of carbonyl (C=O) groups excluding carboxylic acids is 2. The molecule has 7 atom stereocenters. The number of allylic oxidation sites excluding steroid dienone is 3. The monoisotopic (exact) mass is 800 g/mol. The first kappa shape index (κ1) is 51.3. The predicted octanol–water partition coefficient (Wildman–Crippen LogP) is 8.11. The first-order chi connectivity index (χ1) is 26.2. The molecule has 0 heterocycles. The molecule has 0 spiro atoms. The lowest BCUT2D eigenvalue weighted by atomic mass is 9.88. The summed E-state index contributed by atoms with van der Waals surface area (Å²) >= 11 is 0. The van der Waals surface area contributed by atoms with E-state index in [9.17, 15) is 34.4 Å². The number of aliphatic hydroxyl groups excluding tert-OH is 3. The van der Waals surface area contributed by atoms with Gasteiger partial charge in [-0.2, -0.15) is 0 Å². The predicted molar refractivity (Wildman–Crippen MR) is 222 cm³/mol. The summed E-state index contributed by atoms with van der Waals surface area (Å²) in [6, 6.07) is -0.937. The fourth-order valence-corrected chi connectivity index (χ4v) is 7.44. The summed E-state index contributed by atoms with van der Waals surface area (Å²) in [4.78, 5) is 35.8. The van der Waals surface area contributed by atoms with Crippen molar-refractivity contribution in [3.63, 3.8) is 0 Å². The highest BCUT2D eigenvalue weighted by atomic mass is 31.2. The highest BCUT2D eigenvalue weighted by Gasteiger charge is 2.39. The van der Waals surface area contributed by atoms with E-state index in [1.165, 1.54) is 32.1 Å². The number of phosphoric acid groups is 1. The van der Waals surface area contributed by atoms with Gasteiger partial charge in [-0.05, 0) is 51.4 Å². The first-order valence-electron chi connectivity index (χ1n) is 21.5. The molecular weight excluding hydrogens is 719 g/mol. The van der Waals surface area contributed by atoms with Gasteiger partial charge < -0.3 is 30.0 Å². The van der Waals surface area contributed by atoms with Crippen molar-refractivity contribution in [1.82, 2.24) is 5.32 Å². The van der Waals surface area contributed by atoms with Gasteiger partial charge in [0.2, 0.25) is 5.91 Å². The maximum Gasteiger partial charge on any atom is 0.472 e. The van der Waals surface area contributed by atoms with E-state index in [1.807, 2.05) is 33.3 Å². The minimum absolute atomic E-state index is 0.0157. The topological polar surface area (TPSA) is 163 Å². The van der Waals surface area contributed by atoms with Crippen LogP contribution in [0.15, 0.2) is 36.5 Å². The molecule has 1 amide bonds. The molecule has 0 radical (unpaired) electrons. The van der Waals surface area contributed by atoms with Crippen LogP contribution < -0.4 is 5.32 Å². The van der Waals surface area contributed by atoms with Crippen molar-refractivity contribution >= 4 is 19.5 Å². The average molecular weight is 800 g/mol. The quantitative estimate of drug-likeness (QED) is 0.0187. The second-order valence-corrected chi connectivity index (χ2v) is 17.9. The van der Waals surface area contributed by atoms with Crippen molar-refractivity contribution < 1.29 is 47.9 Å². The Morgan fingerprint density at radius 2 is 1.49 bits per heavy atom. The normalized spacial score (nSPS) is 20.8. The first-order valence-corrected chi connectivity index (χ1v) is 23.0. The number of unbranched alkanes of at least 4 members (excludes halogenated alkanes) is 13. The molecule has 1 rings (SSSR count). The summed E-state index contributed by atoms with van der Waals surface area (Å²) in [7, 11) is 1.41. The molecule has 12 heteroatoms. The Balaban J connectivity index is 2.57. The van der Waals surface area contributed by atoms with Gasteiger partial charge >= 0.3 is 7.82 Å². The number of carbonyl (C=O) groups is 2. The van der Waals surface area contributed by atoms with Gasteiger partial charge in [-0.3, -0.25) is 18.6 Å². The molecule has 0 aromatic heterocycles. The fraction of sp³-hybridized carbons (Fsp3) is 0.814. The van der Waals surface area contributed by atoms with E-state index < -0.39 is 38.8 Å². The van der Waals surface area contributed by atoms with Crippen molar-refractivity contribution in [2.75, 3.05) is 40.9 Å². The van der Waals surface area contributed by atoms with Crippen LogP contribution >= 0.6 is 7.82 Å². The van der Waals surface area contributed by atoms with Crippen LogP contribution in [0.4, 0.5) is 0 Å². The molecule has 0 bridgehead atoms. The number of nitrogens with one attached hydrogen (secondary N) is 1. The summed E-state index contributed by atoms with van der Waals surface area (Å²) in [6.07, 6.45) is 28.2. The number of nitrogens with zero attached hydrogens (tertiary/aromatic N) is 1. The van der Waals surface area contributed by atoms with E-state index >= 15 is 0 Å². The molecule has 0 aromatic carbocycles. The summed E-state index contributed by atoms with van der Waals surface area (Å²) < 4.78 is 23.5. The number of ketones is 1. The van der Waals surface area contributed by atoms with Crippen LogP contribution in [0, 0.1) is 11.8 Å². The van der Waals surface area contributed by atoms with Gasteiger partial charge in [0.25, 0.3) is 0 Å². The van der Waals surface area contributed by atoms with Gasteiger partial charge in [0.15, 0.2) is 0 Å². The van der Waals surface area contributed by atoms with Gasteiger partial charge in [-0.25, -0.2) is 4.57 Å². The number of rotatable bonds is 34. The molecule has 1 unspecified atom stereocenters. The second kappa shape index (κ2) is 30.4. The molecule has 1 aliphatic carbocycles. The molecule has 1 saturated carbocycles. The SMILES string of the molecule is CCC/C=C\CCCCCCCC/C=C/[C@@H](O)[C@H](COP(=O)(O)OCC[N+](C)(C)C)NC(=O)CCCCCC[C@H]1C(=O)C[C@@H](O)[C@@H]1/C=C/[C@@H](O)CCCCC. The molecule has 1 aliphatic rings. The molecule has 0 saturated heterocycles. The number of aliphatic hydroxyl groups is 3. The van der Waals surface area contributed by atoms with E-state index in [-0.39, 0.29) is 43.0 Å². The van der Waals surface area contributed by atoms with E-state index in [4.69, 9.17) is 9.05 Å². The Morgan fingerprint density at radius 3 is 2.16 bits per heavy atom. The third kappa shape index (κ3) is 26.8. The number of likely N-dealkylation sites (N-methyl/N-ethyl adjacent to an activating group) is 1.